The third-order valence-electron chi connectivity index (χ3n) is 2.55. The van der Waals surface area contributed by atoms with Crippen LogP contribution in [-0.2, 0) is 0 Å². The average Bonchev–Trinajstić information content (AvgIpc) is 2.33. The number of hydrogen-bond donors (Lipinski definition) is 1. The van der Waals surface area contributed by atoms with Crippen LogP contribution in [0, 0.1) is 6.92 Å². The molecule has 2 rings (SSSR count). The van der Waals surface area contributed by atoms with Crippen LogP contribution in [-0.4, -0.2) is 10.1 Å². The Morgan fingerprint density at radius 3 is 2.47 bits per heavy atom. The van der Waals surface area contributed by atoms with Gasteiger partial charge in [0.25, 0.3) is 0 Å². The van der Waals surface area contributed by atoms with Gasteiger partial charge in [-0.25, -0.2) is 0 Å². The zero-order valence-corrected chi connectivity index (χ0v) is 9.92. The van der Waals surface area contributed by atoms with Crippen molar-refractivity contribution in [1.29, 1.82) is 0 Å². The lowest BCUT2D eigenvalue weighted by Gasteiger charge is -2.09. The maximum atomic E-state index is 9.40. The van der Waals surface area contributed by atoms with Crippen LogP contribution in [0.25, 0.3) is 0 Å². The van der Waals surface area contributed by atoms with Crippen LogP contribution >= 0.6 is 0 Å². The predicted octanol–water partition coefficient (Wildman–Crippen LogP) is 3.24. The minimum absolute atomic E-state index is 0.454. The summed E-state index contributed by atoms with van der Waals surface area (Å²) >= 11 is 0. The van der Waals surface area contributed by atoms with E-state index in [1.807, 2.05) is 43.3 Å². The van der Waals surface area contributed by atoms with Gasteiger partial charge in [-0.3, -0.25) is 4.98 Å². The highest BCUT2D eigenvalue weighted by Gasteiger charge is 2.03. The van der Waals surface area contributed by atoms with E-state index in [0.717, 1.165) is 22.8 Å². The van der Waals surface area contributed by atoms with Crippen LogP contribution < -0.4 is 4.74 Å². The predicted molar refractivity (Wildman–Crippen MR) is 66.1 cm³/mol. The first-order valence-corrected chi connectivity index (χ1v) is 5.54. The first-order chi connectivity index (χ1) is 8.16. The van der Waals surface area contributed by atoms with Gasteiger partial charge < -0.3 is 9.84 Å². The van der Waals surface area contributed by atoms with E-state index < -0.39 is 6.10 Å². The number of aromatic nitrogens is 1. The van der Waals surface area contributed by atoms with E-state index in [4.69, 9.17) is 4.74 Å². The quantitative estimate of drug-likeness (QED) is 0.878. The molecule has 1 atom stereocenters. The van der Waals surface area contributed by atoms with Gasteiger partial charge in [-0.15, -0.1) is 0 Å². The Labute approximate surface area is 101 Å². The van der Waals surface area contributed by atoms with Gasteiger partial charge in [0, 0.05) is 6.20 Å². The normalized spacial score (nSPS) is 12.2. The molecule has 0 aliphatic heterocycles. The first kappa shape index (κ1) is 11.6. The maximum Gasteiger partial charge on any atom is 0.148 e. The number of aliphatic hydroxyl groups excluding tert-OH is 1. The molecule has 0 amide bonds. The minimum Gasteiger partial charge on any atom is -0.455 e. The van der Waals surface area contributed by atoms with E-state index in [1.165, 1.54) is 0 Å². The summed E-state index contributed by atoms with van der Waals surface area (Å²) in [6, 6.07) is 11.1. The lowest BCUT2D eigenvalue weighted by molar-refractivity contribution is 0.199. The van der Waals surface area contributed by atoms with Gasteiger partial charge in [0.05, 0.1) is 11.8 Å². The summed E-state index contributed by atoms with van der Waals surface area (Å²) in [6.07, 6.45) is 1.28. The van der Waals surface area contributed by atoms with Crippen molar-refractivity contribution in [2.24, 2.45) is 0 Å². The molecule has 0 unspecified atom stereocenters. The Hall–Kier alpha value is -1.87. The lowest BCUT2D eigenvalue weighted by atomic mass is 10.1. The van der Waals surface area contributed by atoms with E-state index in [9.17, 15) is 5.11 Å². The summed E-state index contributed by atoms with van der Waals surface area (Å²) in [5.41, 5.74) is 1.73. The molecule has 3 heteroatoms. The Morgan fingerprint density at radius 1 is 1.18 bits per heavy atom. The van der Waals surface area contributed by atoms with E-state index in [-0.39, 0.29) is 0 Å². The number of nitrogens with zero attached hydrogens (tertiary/aromatic N) is 1. The van der Waals surface area contributed by atoms with Crippen LogP contribution in [0.5, 0.6) is 11.5 Å². The van der Waals surface area contributed by atoms with Crippen molar-refractivity contribution in [2.45, 2.75) is 20.0 Å². The summed E-state index contributed by atoms with van der Waals surface area (Å²) in [5.74, 6) is 1.49. The molecule has 0 saturated carbocycles. The summed E-state index contributed by atoms with van der Waals surface area (Å²) in [6.45, 7) is 3.64. The van der Waals surface area contributed by atoms with Gasteiger partial charge in [-0.05, 0) is 43.7 Å². The minimum atomic E-state index is -0.454. The van der Waals surface area contributed by atoms with E-state index in [0.29, 0.717) is 0 Å². The average molecular weight is 229 g/mol. The molecule has 88 valence electrons. The molecule has 0 saturated heterocycles. The van der Waals surface area contributed by atoms with Crippen LogP contribution in [0.3, 0.4) is 0 Å². The van der Waals surface area contributed by atoms with Gasteiger partial charge in [-0.2, -0.15) is 0 Å². The van der Waals surface area contributed by atoms with E-state index in [1.54, 1.807) is 13.1 Å². The fourth-order valence-corrected chi connectivity index (χ4v) is 1.52. The second-order valence-electron chi connectivity index (χ2n) is 3.93. The zero-order valence-electron chi connectivity index (χ0n) is 9.92. The van der Waals surface area contributed by atoms with Crippen LogP contribution in [0.1, 0.15) is 24.3 Å². The number of rotatable bonds is 3. The Balaban J connectivity index is 2.17. The molecule has 0 aliphatic rings. The summed E-state index contributed by atoms with van der Waals surface area (Å²) in [5, 5.41) is 9.40. The second kappa shape index (κ2) is 4.97. The van der Waals surface area contributed by atoms with Crippen molar-refractivity contribution in [3.8, 4) is 11.5 Å². The van der Waals surface area contributed by atoms with Gasteiger partial charge in [0.1, 0.15) is 11.5 Å². The van der Waals surface area contributed by atoms with Crippen molar-refractivity contribution >= 4 is 0 Å². The summed E-state index contributed by atoms with van der Waals surface area (Å²) < 4.78 is 5.70. The Morgan fingerprint density at radius 2 is 1.88 bits per heavy atom. The number of benzene rings is 1. The van der Waals surface area contributed by atoms with Crippen molar-refractivity contribution in [1.82, 2.24) is 4.98 Å². The number of aliphatic hydroxyl groups is 1. The monoisotopic (exact) mass is 229 g/mol. The molecule has 1 heterocycles. The first-order valence-electron chi connectivity index (χ1n) is 5.54. The molecule has 0 bridgehead atoms. The molecule has 1 aromatic heterocycles. The standard InChI is InChI=1S/C14H15NO2/c1-10-14(4-3-9-15-10)17-13-7-5-12(6-8-13)11(2)16/h3-9,11,16H,1-2H3/t11-/m1/s1. The number of ether oxygens (including phenoxy) is 1. The van der Waals surface area contributed by atoms with Gasteiger partial charge in [0.15, 0.2) is 0 Å². The summed E-state index contributed by atoms with van der Waals surface area (Å²) in [7, 11) is 0. The molecule has 0 radical (unpaired) electrons. The molecular formula is C14H15NO2. The van der Waals surface area contributed by atoms with Gasteiger partial charge >= 0.3 is 0 Å². The number of aryl methyl sites for hydroxylation is 1. The van der Waals surface area contributed by atoms with Crippen LogP contribution in [0.4, 0.5) is 0 Å². The van der Waals surface area contributed by atoms with Crippen LogP contribution in [0.2, 0.25) is 0 Å². The van der Waals surface area contributed by atoms with Crippen LogP contribution in [0.15, 0.2) is 42.6 Å². The van der Waals surface area contributed by atoms with E-state index in [2.05, 4.69) is 4.98 Å². The molecule has 0 aliphatic carbocycles. The molecule has 2 aromatic rings. The molecular weight excluding hydrogens is 214 g/mol. The smallest absolute Gasteiger partial charge is 0.148 e. The van der Waals surface area contributed by atoms with Gasteiger partial charge in [-0.1, -0.05) is 12.1 Å². The van der Waals surface area contributed by atoms with Gasteiger partial charge in [0.2, 0.25) is 0 Å². The van der Waals surface area contributed by atoms with E-state index >= 15 is 0 Å². The molecule has 1 aromatic carbocycles. The number of hydrogen-bond acceptors (Lipinski definition) is 3. The maximum absolute atomic E-state index is 9.40. The highest BCUT2D eigenvalue weighted by Crippen LogP contribution is 2.24. The molecule has 0 fully saturated rings. The van der Waals surface area contributed by atoms with Crippen molar-refractivity contribution in [3.05, 3.63) is 53.9 Å². The fourth-order valence-electron chi connectivity index (χ4n) is 1.52. The second-order valence-corrected chi connectivity index (χ2v) is 3.93. The third kappa shape index (κ3) is 2.82. The summed E-state index contributed by atoms with van der Waals surface area (Å²) in [4.78, 5) is 4.16. The largest absolute Gasteiger partial charge is 0.455 e. The lowest BCUT2D eigenvalue weighted by Crippen LogP contribution is -1.92. The topological polar surface area (TPSA) is 42.4 Å². The van der Waals surface area contributed by atoms with Crippen molar-refractivity contribution in [2.75, 3.05) is 0 Å². The fraction of sp³-hybridized carbons (Fsp3) is 0.214. The highest BCUT2D eigenvalue weighted by molar-refractivity contribution is 5.35. The number of pyridine rings is 1. The molecule has 17 heavy (non-hydrogen) atoms. The SMILES string of the molecule is Cc1ncccc1Oc1ccc([C@@H](C)O)cc1. The molecule has 0 spiro atoms. The van der Waals surface area contributed by atoms with Crippen molar-refractivity contribution < 1.29 is 9.84 Å². The molecule has 1 N–H and O–H groups in total. The Bertz CT molecular complexity index is 492. The third-order valence-corrected chi connectivity index (χ3v) is 2.55. The zero-order chi connectivity index (χ0) is 12.3. The Kier molecular flexibility index (Phi) is 3.40. The van der Waals surface area contributed by atoms with Crippen molar-refractivity contribution in [3.63, 3.8) is 0 Å². The molecule has 3 nitrogen and oxygen atoms in total. The highest BCUT2D eigenvalue weighted by atomic mass is 16.5.